The summed E-state index contributed by atoms with van der Waals surface area (Å²) in [4.78, 5) is 16.1. The number of hydrogen-bond donors (Lipinski definition) is 0. The molecule has 0 aromatic heterocycles. The van der Waals surface area contributed by atoms with E-state index in [2.05, 4.69) is 4.90 Å². The van der Waals surface area contributed by atoms with E-state index in [4.69, 9.17) is 11.6 Å². The van der Waals surface area contributed by atoms with Gasteiger partial charge < -0.3 is 4.90 Å². The van der Waals surface area contributed by atoms with Crippen molar-refractivity contribution in [3.05, 3.63) is 40.7 Å². The molecule has 0 saturated carbocycles. The van der Waals surface area contributed by atoms with Crippen LogP contribution < -0.4 is 0 Å². The van der Waals surface area contributed by atoms with Gasteiger partial charge in [-0.15, -0.1) is 0 Å². The Morgan fingerprint density at radius 2 is 1.96 bits per heavy atom. The van der Waals surface area contributed by atoms with Crippen LogP contribution in [0.4, 0.5) is 4.39 Å². The minimum Gasteiger partial charge on any atom is -0.337 e. The summed E-state index contributed by atoms with van der Waals surface area (Å²) in [6.45, 7) is 2.37. The summed E-state index contributed by atoms with van der Waals surface area (Å²) in [5.74, 6) is -0.197. The van der Waals surface area contributed by atoms with Crippen LogP contribution in [-0.4, -0.2) is 67.9 Å². The Balaban J connectivity index is 1.56. The number of amides is 1. The molecule has 0 N–H and O–H groups in total. The fraction of sp³-hybridized carbons (Fsp3) is 0.471. The molecule has 2 fully saturated rings. The summed E-state index contributed by atoms with van der Waals surface area (Å²) in [6.07, 6.45) is 3.40. The van der Waals surface area contributed by atoms with Gasteiger partial charge in [0.05, 0.1) is 16.5 Å². The Morgan fingerprint density at radius 1 is 1.24 bits per heavy atom. The molecule has 0 radical (unpaired) electrons. The summed E-state index contributed by atoms with van der Waals surface area (Å²) in [7, 11) is -2.90. The minimum atomic E-state index is -2.90. The minimum absolute atomic E-state index is 0.0648. The Kier molecular flexibility index (Phi) is 5.46. The number of nitrogens with zero attached hydrogens (tertiary/aromatic N) is 2. The van der Waals surface area contributed by atoms with Crippen molar-refractivity contribution in [1.82, 2.24) is 9.80 Å². The molecule has 2 saturated heterocycles. The molecule has 8 heteroatoms. The maximum absolute atomic E-state index is 13.7. The molecule has 3 rings (SSSR count). The molecule has 1 amide bonds. The maximum atomic E-state index is 13.7. The molecule has 1 aromatic carbocycles. The largest absolute Gasteiger partial charge is 0.337 e. The first kappa shape index (κ1) is 18.4. The highest BCUT2D eigenvalue weighted by atomic mass is 35.5. The molecule has 2 aliphatic rings. The first-order valence-corrected chi connectivity index (χ1v) is 10.4. The second-order valence-electron chi connectivity index (χ2n) is 6.39. The van der Waals surface area contributed by atoms with Crippen LogP contribution in [0, 0.1) is 5.82 Å². The number of hydrogen-bond acceptors (Lipinski definition) is 4. The number of benzene rings is 1. The van der Waals surface area contributed by atoms with Crippen molar-refractivity contribution in [2.45, 2.75) is 12.5 Å². The molecule has 5 nitrogen and oxygen atoms in total. The topological polar surface area (TPSA) is 57.7 Å². The van der Waals surface area contributed by atoms with E-state index in [-0.39, 0.29) is 34.0 Å². The first-order valence-electron chi connectivity index (χ1n) is 8.21. The predicted molar refractivity (Wildman–Crippen MR) is 95.7 cm³/mol. The summed E-state index contributed by atoms with van der Waals surface area (Å²) in [6, 6.07) is 4.45. The molecular weight excluding hydrogens is 367 g/mol. The van der Waals surface area contributed by atoms with E-state index in [1.807, 2.05) is 0 Å². The fourth-order valence-electron chi connectivity index (χ4n) is 3.30. The maximum Gasteiger partial charge on any atom is 0.246 e. The van der Waals surface area contributed by atoms with Crippen molar-refractivity contribution in [2.75, 3.05) is 37.7 Å². The summed E-state index contributed by atoms with van der Waals surface area (Å²) in [5, 5.41) is 0.260. The summed E-state index contributed by atoms with van der Waals surface area (Å²) >= 11 is 5.94. The molecule has 2 heterocycles. The number of halogens is 2. The first-order chi connectivity index (χ1) is 11.9. The van der Waals surface area contributed by atoms with Crippen molar-refractivity contribution < 1.29 is 17.6 Å². The zero-order valence-electron chi connectivity index (χ0n) is 13.7. The van der Waals surface area contributed by atoms with Gasteiger partial charge in [0.25, 0.3) is 0 Å². The van der Waals surface area contributed by atoms with E-state index >= 15 is 0 Å². The highest BCUT2D eigenvalue weighted by Gasteiger charge is 2.34. The molecular formula is C17H20ClFN2O3S. The molecule has 0 bridgehead atoms. The molecule has 1 atom stereocenters. The van der Waals surface area contributed by atoms with Gasteiger partial charge in [-0.3, -0.25) is 9.69 Å². The molecule has 0 spiro atoms. The number of sulfone groups is 1. The van der Waals surface area contributed by atoms with Crippen LogP contribution in [0.2, 0.25) is 5.02 Å². The van der Waals surface area contributed by atoms with Gasteiger partial charge in [0.15, 0.2) is 9.84 Å². The van der Waals surface area contributed by atoms with E-state index < -0.39 is 15.7 Å². The van der Waals surface area contributed by atoms with Gasteiger partial charge >= 0.3 is 0 Å². The van der Waals surface area contributed by atoms with Crippen LogP contribution in [0.3, 0.4) is 0 Å². The van der Waals surface area contributed by atoms with E-state index in [9.17, 15) is 17.6 Å². The quantitative estimate of drug-likeness (QED) is 0.743. The van der Waals surface area contributed by atoms with Crippen LogP contribution in [-0.2, 0) is 14.6 Å². The van der Waals surface area contributed by atoms with E-state index in [1.165, 1.54) is 24.3 Å². The highest BCUT2D eigenvalue weighted by molar-refractivity contribution is 7.91. The van der Waals surface area contributed by atoms with Crippen molar-refractivity contribution in [2.24, 2.45) is 0 Å². The Morgan fingerprint density at radius 3 is 2.56 bits per heavy atom. The lowest BCUT2D eigenvalue weighted by atomic mass is 10.1. The lowest BCUT2D eigenvalue weighted by Gasteiger charge is -2.37. The zero-order valence-corrected chi connectivity index (χ0v) is 15.3. The van der Waals surface area contributed by atoms with Crippen LogP contribution in [0.25, 0.3) is 6.08 Å². The summed E-state index contributed by atoms with van der Waals surface area (Å²) in [5.41, 5.74) is 0.201. The van der Waals surface area contributed by atoms with Gasteiger partial charge in [-0.2, -0.15) is 0 Å². The molecule has 25 heavy (non-hydrogen) atoms. The van der Waals surface area contributed by atoms with Crippen molar-refractivity contribution >= 4 is 33.4 Å². The van der Waals surface area contributed by atoms with E-state index in [0.717, 1.165) is 0 Å². The standard InChI is InChI=1S/C17H20ClFN2O3S/c18-15-2-1-3-16(19)14(15)4-5-17(22)21-9-7-20(8-10-21)13-6-11-25(23,24)12-13/h1-5,13H,6-12H2/b5-4+/t13-/m1/s1. The fourth-order valence-corrected chi connectivity index (χ4v) is 5.29. The number of rotatable bonds is 3. The van der Waals surface area contributed by atoms with Gasteiger partial charge in [0, 0.05) is 43.9 Å². The number of piperazine rings is 1. The van der Waals surface area contributed by atoms with E-state index in [1.54, 1.807) is 11.0 Å². The second kappa shape index (κ2) is 7.43. The SMILES string of the molecule is O=C(/C=C/c1c(F)cccc1Cl)N1CCN([C@@H]2CCS(=O)(=O)C2)CC1. The third kappa shape index (κ3) is 4.40. The Labute approximate surface area is 152 Å². The van der Waals surface area contributed by atoms with Crippen LogP contribution >= 0.6 is 11.6 Å². The van der Waals surface area contributed by atoms with Gasteiger partial charge in [0.1, 0.15) is 5.82 Å². The number of carbonyl (C=O) groups is 1. The average Bonchev–Trinajstić information content (AvgIpc) is 2.94. The lowest BCUT2D eigenvalue weighted by Crippen LogP contribution is -2.52. The molecule has 0 aliphatic carbocycles. The van der Waals surface area contributed by atoms with Gasteiger partial charge in [-0.1, -0.05) is 17.7 Å². The van der Waals surface area contributed by atoms with Gasteiger partial charge in [0.2, 0.25) is 5.91 Å². The third-order valence-corrected chi connectivity index (χ3v) is 6.82. The highest BCUT2D eigenvalue weighted by Crippen LogP contribution is 2.21. The smallest absolute Gasteiger partial charge is 0.246 e. The Bertz CT molecular complexity index is 769. The zero-order chi connectivity index (χ0) is 18.0. The van der Waals surface area contributed by atoms with Crippen LogP contribution in [0.5, 0.6) is 0 Å². The second-order valence-corrected chi connectivity index (χ2v) is 9.02. The molecule has 0 unspecified atom stereocenters. The van der Waals surface area contributed by atoms with Crippen molar-refractivity contribution in [3.8, 4) is 0 Å². The monoisotopic (exact) mass is 386 g/mol. The molecule has 136 valence electrons. The normalized spacial score (nSPS) is 24.1. The lowest BCUT2D eigenvalue weighted by molar-refractivity contribution is -0.127. The van der Waals surface area contributed by atoms with Crippen molar-refractivity contribution in [1.29, 1.82) is 0 Å². The van der Waals surface area contributed by atoms with Crippen LogP contribution in [0.1, 0.15) is 12.0 Å². The molecule has 1 aromatic rings. The predicted octanol–water partition coefficient (Wildman–Crippen LogP) is 1.82. The van der Waals surface area contributed by atoms with E-state index in [0.29, 0.717) is 32.6 Å². The number of carbonyl (C=O) groups excluding carboxylic acids is 1. The third-order valence-electron chi connectivity index (χ3n) is 4.74. The van der Waals surface area contributed by atoms with Gasteiger partial charge in [-0.05, 0) is 24.6 Å². The Hall–Kier alpha value is -1.44. The van der Waals surface area contributed by atoms with Crippen LogP contribution in [0.15, 0.2) is 24.3 Å². The molecule has 2 aliphatic heterocycles. The van der Waals surface area contributed by atoms with Gasteiger partial charge in [-0.25, -0.2) is 12.8 Å². The van der Waals surface area contributed by atoms with Crippen molar-refractivity contribution in [3.63, 3.8) is 0 Å². The average molecular weight is 387 g/mol. The summed E-state index contributed by atoms with van der Waals surface area (Å²) < 4.78 is 36.9.